The van der Waals surface area contributed by atoms with Crippen molar-refractivity contribution in [2.75, 3.05) is 13.2 Å². The predicted octanol–water partition coefficient (Wildman–Crippen LogP) is 1.89. The van der Waals surface area contributed by atoms with E-state index in [1.165, 1.54) is 31.2 Å². The Balaban J connectivity index is 3.23. The molecule has 0 aromatic heterocycles. The third kappa shape index (κ3) is 4.23. The van der Waals surface area contributed by atoms with E-state index in [0.29, 0.717) is 0 Å². The van der Waals surface area contributed by atoms with E-state index in [-0.39, 0.29) is 12.2 Å². The van der Waals surface area contributed by atoms with Crippen LogP contribution in [-0.4, -0.2) is 37.0 Å². The summed E-state index contributed by atoms with van der Waals surface area (Å²) in [5.41, 5.74) is -3.77. The number of alkyl halides is 3. The molecule has 1 atom stereocenters. The van der Waals surface area contributed by atoms with Crippen molar-refractivity contribution in [1.29, 1.82) is 0 Å². The average molecular weight is 329 g/mol. The standard InChI is InChI=1S/C15H14F3NO4/c1-3-10-23-14(15(16,17)18,13(21)22-4-2)19-12(20)11-8-6-5-7-9-11/h1,5-9H,4,10H2,2H3,(H,19,20). The minimum absolute atomic E-state index is 0.0882. The van der Waals surface area contributed by atoms with Gasteiger partial charge in [-0.15, -0.1) is 6.42 Å². The maximum Gasteiger partial charge on any atom is 0.448 e. The molecule has 0 aliphatic heterocycles. The topological polar surface area (TPSA) is 64.6 Å². The lowest BCUT2D eigenvalue weighted by molar-refractivity contribution is -0.281. The monoisotopic (exact) mass is 329 g/mol. The van der Waals surface area contributed by atoms with Crippen LogP contribution in [-0.2, 0) is 14.3 Å². The Morgan fingerprint density at radius 2 is 1.87 bits per heavy atom. The molecule has 0 spiro atoms. The number of carbonyl (C=O) groups excluding carboxylic acids is 2. The highest BCUT2D eigenvalue weighted by atomic mass is 19.4. The lowest BCUT2D eigenvalue weighted by Crippen LogP contribution is -2.66. The molecule has 1 rings (SSSR count). The Morgan fingerprint density at radius 1 is 1.26 bits per heavy atom. The molecule has 8 heteroatoms. The third-order valence-corrected chi connectivity index (χ3v) is 2.66. The van der Waals surface area contributed by atoms with Crippen molar-refractivity contribution < 1.29 is 32.2 Å². The Morgan fingerprint density at radius 3 is 2.35 bits per heavy atom. The van der Waals surface area contributed by atoms with Crippen LogP contribution in [0.1, 0.15) is 17.3 Å². The molecule has 0 aliphatic carbocycles. The first-order chi connectivity index (χ1) is 10.8. The molecular weight excluding hydrogens is 315 g/mol. The minimum atomic E-state index is -5.28. The Hall–Kier alpha value is -2.53. The van der Waals surface area contributed by atoms with Gasteiger partial charge in [0.1, 0.15) is 6.61 Å². The number of terminal acetylenes is 1. The molecule has 0 bridgehead atoms. The zero-order chi connectivity index (χ0) is 17.5. The summed E-state index contributed by atoms with van der Waals surface area (Å²) in [5, 5.41) is 1.55. The van der Waals surface area contributed by atoms with Crippen molar-refractivity contribution >= 4 is 11.9 Å². The summed E-state index contributed by atoms with van der Waals surface area (Å²) in [6.07, 6.45) is -0.389. The van der Waals surface area contributed by atoms with Crippen molar-refractivity contribution in [2.24, 2.45) is 0 Å². The largest absolute Gasteiger partial charge is 0.462 e. The van der Waals surface area contributed by atoms with E-state index in [2.05, 4.69) is 9.47 Å². The van der Waals surface area contributed by atoms with E-state index in [0.717, 1.165) is 0 Å². The first-order valence-electron chi connectivity index (χ1n) is 6.47. The molecule has 0 heterocycles. The first-order valence-corrected chi connectivity index (χ1v) is 6.47. The number of esters is 1. The number of hydrogen-bond acceptors (Lipinski definition) is 4. The van der Waals surface area contributed by atoms with E-state index in [4.69, 9.17) is 6.42 Å². The molecule has 23 heavy (non-hydrogen) atoms. The number of hydrogen-bond donors (Lipinski definition) is 1. The molecule has 1 unspecified atom stereocenters. The van der Waals surface area contributed by atoms with E-state index in [9.17, 15) is 22.8 Å². The van der Waals surface area contributed by atoms with E-state index >= 15 is 0 Å². The summed E-state index contributed by atoms with van der Waals surface area (Å²) in [6.45, 7) is 0.129. The molecule has 0 fully saturated rings. The summed E-state index contributed by atoms with van der Waals surface area (Å²) in [7, 11) is 0. The first kappa shape index (κ1) is 18.5. The maximum absolute atomic E-state index is 13.4. The van der Waals surface area contributed by atoms with Crippen LogP contribution in [0.4, 0.5) is 13.2 Å². The Bertz CT molecular complexity index is 595. The van der Waals surface area contributed by atoms with Gasteiger partial charge in [-0.05, 0) is 19.1 Å². The maximum atomic E-state index is 13.4. The second kappa shape index (κ2) is 7.65. The third-order valence-electron chi connectivity index (χ3n) is 2.66. The highest BCUT2D eigenvalue weighted by Gasteiger charge is 2.65. The summed E-state index contributed by atoms with van der Waals surface area (Å²) in [6, 6.07) is 7.05. The van der Waals surface area contributed by atoms with Crippen molar-refractivity contribution in [3.8, 4) is 12.3 Å². The second-order valence-electron chi connectivity index (χ2n) is 4.21. The van der Waals surface area contributed by atoms with Gasteiger partial charge >= 0.3 is 17.9 Å². The summed E-state index contributed by atoms with van der Waals surface area (Å²) in [5.74, 6) is -1.13. The molecule has 5 nitrogen and oxygen atoms in total. The molecule has 1 N–H and O–H groups in total. The Kier molecular flexibility index (Phi) is 6.16. The fourth-order valence-corrected chi connectivity index (χ4v) is 1.62. The van der Waals surface area contributed by atoms with Crippen molar-refractivity contribution in [1.82, 2.24) is 5.32 Å². The smallest absolute Gasteiger partial charge is 0.448 e. The number of halogens is 3. The van der Waals surface area contributed by atoms with Gasteiger partial charge in [0.2, 0.25) is 0 Å². The fraction of sp³-hybridized carbons (Fsp3) is 0.333. The molecule has 1 amide bonds. The highest BCUT2D eigenvalue weighted by Crippen LogP contribution is 2.33. The van der Waals surface area contributed by atoms with Crippen molar-refractivity contribution in [2.45, 2.75) is 18.8 Å². The lowest BCUT2D eigenvalue weighted by atomic mass is 10.1. The quantitative estimate of drug-likeness (QED) is 0.492. The number of amides is 1. The zero-order valence-electron chi connectivity index (χ0n) is 12.1. The van der Waals surface area contributed by atoms with Gasteiger partial charge < -0.3 is 14.8 Å². The number of rotatable bonds is 6. The van der Waals surface area contributed by atoms with Gasteiger partial charge in [0.05, 0.1) is 6.61 Å². The van der Waals surface area contributed by atoms with Gasteiger partial charge in [-0.1, -0.05) is 24.1 Å². The van der Waals surface area contributed by atoms with E-state index < -0.39 is 30.4 Å². The van der Waals surface area contributed by atoms with Gasteiger partial charge in [0, 0.05) is 5.56 Å². The van der Waals surface area contributed by atoms with Gasteiger partial charge in [-0.3, -0.25) is 4.79 Å². The second-order valence-corrected chi connectivity index (χ2v) is 4.21. The van der Waals surface area contributed by atoms with Crippen molar-refractivity contribution in [3.05, 3.63) is 35.9 Å². The van der Waals surface area contributed by atoms with Crippen LogP contribution in [0.5, 0.6) is 0 Å². The molecule has 0 saturated carbocycles. The van der Waals surface area contributed by atoms with Gasteiger partial charge in [-0.2, -0.15) is 13.2 Å². The highest BCUT2D eigenvalue weighted by molar-refractivity contribution is 5.98. The normalized spacial score (nSPS) is 13.5. The number of benzene rings is 1. The van der Waals surface area contributed by atoms with Crippen LogP contribution in [0.3, 0.4) is 0 Å². The van der Waals surface area contributed by atoms with Crippen LogP contribution >= 0.6 is 0 Å². The van der Waals surface area contributed by atoms with Crippen molar-refractivity contribution in [3.63, 3.8) is 0 Å². The zero-order valence-corrected chi connectivity index (χ0v) is 12.1. The fourth-order valence-electron chi connectivity index (χ4n) is 1.62. The summed E-state index contributed by atoms with van der Waals surface area (Å²) < 4.78 is 49.2. The molecule has 0 radical (unpaired) electrons. The molecule has 0 saturated heterocycles. The van der Waals surface area contributed by atoms with Gasteiger partial charge in [0.15, 0.2) is 0 Å². The molecular formula is C15H14F3NO4. The summed E-state index contributed by atoms with van der Waals surface area (Å²) >= 11 is 0. The number of nitrogens with one attached hydrogen (secondary N) is 1. The molecule has 124 valence electrons. The van der Waals surface area contributed by atoms with Crippen LogP contribution in [0, 0.1) is 12.3 Å². The minimum Gasteiger partial charge on any atom is -0.462 e. The average Bonchev–Trinajstić information content (AvgIpc) is 2.51. The lowest BCUT2D eigenvalue weighted by Gasteiger charge is -2.33. The molecule has 0 aliphatic rings. The van der Waals surface area contributed by atoms with E-state index in [1.54, 1.807) is 11.4 Å². The van der Waals surface area contributed by atoms with Gasteiger partial charge in [-0.25, -0.2) is 4.79 Å². The van der Waals surface area contributed by atoms with Crippen LogP contribution in [0.25, 0.3) is 0 Å². The van der Waals surface area contributed by atoms with Gasteiger partial charge in [0.25, 0.3) is 5.91 Å². The number of carbonyl (C=O) groups is 2. The number of ether oxygens (including phenoxy) is 2. The summed E-state index contributed by atoms with van der Waals surface area (Å²) in [4.78, 5) is 23.9. The predicted molar refractivity (Wildman–Crippen MR) is 74.1 cm³/mol. The Labute approximate surface area is 130 Å². The van der Waals surface area contributed by atoms with E-state index in [1.807, 2.05) is 5.92 Å². The van der Waals surface area contributed by atoms with Crippen LogP contribution < -0.4 is 5.32 Å². The molecule has 1 aromatic rings. The SMILES string of the molecule is C#CCOC(NC(=O)c1ccccc1)(C(=O)OCC)C(F)(F)F. The van der Waals surface area contributed by atoms with Crippen LogP contribution in [0.15, 0.2) is 30.3 Å². The van der Waals surface area contributed by atoms with Crippen LogP contribution in [0.2, 0.25) is 0 Å². The molecule has 1 aromatic carbocycles.